The lowest BCUT2D eigenvalue weighted by Crippen LogP contribution is -2.44. The van der Waals surface area contributed by atoms with E-state index < -0.39 is 34.4 Å². The maximum absolute atomic E-state index is 12.6. The summed E-state index contributed by atoms with van der Waals surface area (Å²) < 4.78 is 14.5. The number of ether oxygens (including phenoxy) is 3. The number of carbonyl (C=O) groups excluding carboxylic acids is 2. The van der Waals surface area contributed by atoms with Crippen LogP contribution in [0.2, 0.25) is 0 Å². The van der Waals surface area contributed by atoms with Crippen molar-refractivity contribution >= 4 is 17.8 Å². The minimum Gasteiger partial charge on any atom is -0.504 e. The van der Waals surface area contributed by atoms with Crippen LogP contribution in [-0.2, 0) is 23.8 Å². The van der Waals surface area contributed by atoms with Gasteiger partial charge in [-0.25, -0.2) is 4.79 Å². The van der Waals surface area contributed by atoms with E-state index in [1.54, 1.807) is 24.3 Å². The molecule has 0 saturated carbocycles. The van der Waals surface area contributed by atoms with E-state index in [2.05, 4.69) is 4.74 Å². The molecule has 0 radical (unpaired) electrons. The van der Waals surface area contributed by atoms with Gasteiger partial charge in [0.25, 0.3) is 5.60 Å². The largest absolute Gasteiger partial charge is 0.504 e. The first-order valence-corrected chi connectivity index (χ1v) is 7.26. The Balaban J connectivity index is 2.50. The molecule has 0 aromatic heterocycles. The molecule has 1 aliphatic carbocycles. The zero-order chi connectivity index (χ0) is 18.6. The van der Waals surface area contributed by atoms with Gasteiger partial charge in [0.1, 0.15) is 0 Å². The summed E-state index contributed by atoms with van der Waals surface area (Å²) in [5, 5.41) is 21.1. The number of ketones is 1. The highest BCUT2D eigenvalue weighted by atomic mass is 16.6. The Morgan fingerprint density at radius 1 is 1.08 bits per heavy atom. The van der Waals surface area contributed by atoms with Crippen LogP contribution in [-0.4, -0.2) is 48.9 Å². The zero-order valence-corrected chi connectivity index (χ0v) is 14.0. The summed E-state index contributed by atoms with van der Waals surface area (Å²) in [5.74, 6) is -3.40. The van der Waals surface area contributed by atoms with E-state index in [9.17, 15) is 19.8 Å². The summed E-state index contributed by atoms with van der Waals surface area (Å²) in [5.41, 5.74) is -2.47. The van der Waals surface area contributed by atoms with E-state index >= 15 is 0 Å². The number of aliphatic hydroxyl groups excluding tert-OH is 1. The highest BCUT2D eigenvalue weighted by Crippen LogP contribution is 2.41. The van der Waals surface area contributed by atoms with Crippen LogP contribution in [0.1, 0.15) is 5.56 Å². The number of rotatable bonds is 6. The van der Waals surface area contributed by atoms with Gasteiger partial charge in [-0.3, -0.25) is 4.79 Å². The van der Waals surface area contributed by atoms with Crippen LogP contribution in [0, 0.1) is 0 Å². The Labute approximate surface area is 144 Å². The Kier molecular flexibility index (Phi) is 5.29. The monoisotopic (exact) mass is 346 g/mol. The van der Waals surface area contributed by atoms with E-state index in [4.69, 9.17) is 9.47 Å². The molecule has 1 atom stereocenters. The van der Waals surface area contributed by atoms with E-state index in [-0.39, 0.29) is 5.76 Å². The minimum absolute atomic E-state index is 0.313. The van der Waals surface area contributed by atoms with Gasteiger partial charge in [0.2, 0.25) is 5.76 Å². The standard InChI is InChI=1S/C18H18O7/c1-23-15-14(20)13(18(22,16(15)24-2)17(21)25-3)12(19)10-9-11-7-5-4-6-8-11/h4-10,20,22H,1-3H3/t18-/m0/s1. The Hall–Kier alpha value is -3.06. The lowest BCUT2D eigenvalue weighted by Gasteiger charge is -2.23. The van der Waals surface area contributed by atoms with Gasteiger partial charge in [0.05, 0.1) is 26.9 Å². The van der Waals surface area contributed by atoms with Gasteiger partial charge in [-0.1, -0.05) is 36.4 Å². The number of carbonyl (C=O) groups is 2. The molecule has 0 heterocycles. The molecule has 7 nitrogen and oxygen atoms in total. The molecule has 0 bridgehead atoms. The lowest BCUT2D eigenvalue weighted by atomic mass is 9.91. The second-order valence-electron chi connectivity index (χ2n) is 5.10. The maximum atomic E-state index is 12.6. The van der Waals surface area contributed by atoms with Gasteiger partial charge in [-0.15, -0.1) is 0 Å². The second-order valence-corrected chi connectivity index (χ2v) is 5.10. The highest BCUT2D eigenvalue weighted by Gasteiger charge is 2.57. The van der Waals surface area contributed by atoms with Gasteiger partial charge in [0.15, 0.2) is 17.3 Å². The van der Waals surface area contributed by atoms with Crippen molar-refractivity contribution < 1.29 is 34.0 Å². The number of esters is 1. The summed E-state index contributed by atoms with van der Waals surface area (Å²) >= 11 is 0. The van der Waals surface area contributed by atoms with Crippen LogP contribution in [0.4, 0.5) is 0 Å². The number of aliphatic hydroxyl groups is 2. The van der Waals surface area contributed by atoms with Crippen molar-refractivity contribution in [3.8, 4) is 0 Å². The average molecular weight is 346 g/mol. The van der Waals surface area contributed by atoms with Crippen LogP contribution < -0.4 is 0 Å². The summed E-state index contributed by atoms with van der Waals surface area (Å²) in [6, 6.07) is 8.92. The molecular weight excluding hydrogens is 328 g/mol. The third kappa shape index (κ3) is 3.01. The van der Waals surface area contributed by atoms with Gasteiger partial charge in [-0.2, -0.15) is 0 Å². The SMILES string of the molecule is COC(=O)[C@@]1(O)C(OC)=C(OC)C(O)=C1C(=O)C=Cc1ccccc1. The predicted molar refractivity (Wildman–Crippen MR) is 88.1 cm³/mol. The van der Waals surface area contributed by atoms with Gasteiger partial charge >= 0.3 is 5.97 Å². The molecule has 1 aromatic rings. The fraction of sp³-hybridized carbons (Fsp3) is 0.222. The molecule has 0 aliphatic heterocycles. The molecule has 0 fully saturated rings. The molecule has 7 heteroatoms. The summed E-state index contributed by atoms with van der Waals surface area (Å²) in [4.78, 5) is 24.7. The van der Waals surface area contributed by atoms with Crippen LogP contribution >= 0.6 is 0 Å². The third-order valence-corrected chi connectivity index (χ3v) is 3.71. The summed E-state index contributed by atoms with van der Waals surface area (Å²) in [6.07, 6.45) is 2.61. The third-order valence-electron chi connectivity index (χ3n) is 3.71. The minimum atomic E-state index is -2.60. The summed E-state index contributed by atoms with van der Waals surface area (Å²) in [6.45, 7) is 0. The molecule has 2 N–H and O–H groups in total. The van der Waals surface area contributed by atoms with Crippen molar-refractivity contribution in [1.82, 2.24) is 0 Å². The normalized spacial score (nSPS) is 20.2. The predicted octanol–water partition coefficient (Wildman–Crippen LogP) is 1.50. The molecule has 0 unspecified atom stereocenters. The molecular formula is C18H18O7. The first-order chi connectivity index (χ1) is 11.9. The van der Waals surface area contributed by atoms with Crippen molar-refractivity contribution in [2.45, 2.75) is 5.60 Å². The zero-order valence-electron chi connectivity index (χ0n) is 14.0. The van der Waals surface area contributed by atoms with Crippen LogP contribution in [0.25, 0.3) is 6.08 Å². The first-order valence-electron chi connectivity index (χ1n) is 7.26. The average Bonchev–Trinajstić information content (AvgIpc) is 2.86. The lowest BCUT2D eigenvalue weighted by molar-refractivity contribution is -0.158. The molecule has 0 amide bonds. The molecule has 1 aromatic carbocycles. The van der Waals surface area contributed by atoms with Crippen molar-refractivity contribution in [1.29, 1.82) is 0 Å². The van der Waals surface area contributed by atoms with Crippen LogP contribution in [0.3, 0.4) is 0 Å². The molecule has 132 valence electrons. The van der Waals surface area contributed by atoms with E-state index in [0.29, 0.717) is 0 Å². The molecule has 0 saturated heterocycles. The van der Waals surface area contributed by atoms with Crippen molar-refractivity contribution in [2.75, 3.05) is 21.3 Å². The molecule has 2 rings (SSSR count). The van der Waals surface area contributed by atoms with Gasteiger partial charge in [0, 0.05) is 0 Å². The fourth-order valence-corrected chi connectivity index (χ4v) is 2.56. The van der Waals surface area contributed by atoms with E-state index in [1.165, 1.54) is 20.3 Å². The van der Waals surface area contributed by atoms with Gasteiger partial charge < -0.3 is 24.4 Å². The van der Waals surface area contributed by atoms with Crippen molar-refractivity contribution in [3.63, 3.8) is 0 Å². The smallest absolute Gasteiger partial charge is 0.351 e. The van der Waals surface area contributed by atoms with Crippen molar-refractivity contribution in [3.05, 3.63) is 64.8 Å². The van der Waals surface area contributed by atoms with Crippen molar-refractivity contribution in [2.24, 2.45) is 0 Å². The molecule has 1 aliphatic rings. The fourth-order valence-electron chi connectivity index (χ4n) is 2.56. The molecule has 25 heavy (non-hydrogen) atoms. The van der Waals surface area contributed by atoms with E-state index in [1.807, 2.05) is 6.07 Å². The van der Waals surface area contributed by atoms with Crippen LogP contribution in [0.15, 0.2) is 59.3 Å². The number of allylic oxidation sites excluding steroid dienone is 1. The molecule has 0 spiro atoms. The topological polar surface area (TPSA) is 102 Å². The highest BCUT2D eigenvalue weighted by molar-refractivity contribution is 6.14. The maximum Gasteiger partial charge on any atom is 0.351 e. The second kappa shape index (κ2) is 7.23. The number of benzene rings is 1. The quantitative estimate of drug-likeness (QED) is 0.594. The Morgan fingerprint density at radius 3 is 2.24 bits per heavy atom. The Morgan fingerprint density at radius 2 is 1.72 bits per heavy atom. The van der Waals surface area contributed by atoms with Gasteiger partial charge in [-0.05, 0) is 11.6 Å². The van der Waals surface area contributed by atoms with E-state index in [0.717, 1.165) is 18.7 Å². The number of hydrogen-bond donors (Lipinski definition) is 2. The van der Waals surface area contributed by atoms with Crippen LogP contribution in [0.5, 0.6) is 0 Å². The Bertz CT molecular complexity index is 774. The number of hydrogen-bond acceptors (Lipinski definition) is 7. The summed E-state index contributed by atoms with van der Waals surface area (Å²) in [7, 11) is 3.41. The first kappa shape index (κ1) is 18.3. The number of methoxy groups -OCH3 is 3.